The van der Waals surface area contributed by atoms with Gasteiger partial charge in [-0.25, -0.2) is 9.37 Å². The molecule has 186 valence electrons. The third-order valence-corrected chi connectivity index (χ3v) is 6.95. The second-order valence-electron chi connectivity index (χ2n) is 9.42. The van der Waals surface area contributed by atoms with Crippen LogP contribution in [0.15, 0.2) is 67.3 Å². The van der Waals surface area contributed by atoms with Crippen molar-refractivity contribution in [3.8, 4) is 34.0 Å². The number of rotatable bonds is 5. The van der Waals surface area contributed by atoms with Gasteiger partial charge in [-0.2, -0.15) is 5.10 Å². The highest BCUT2D eigenvalue weighted by atomic mass is 19.1. The molecule has 1 fully saturated rings. The molecule has 1 aromatic carbocycles. The zero-order valence-electron chi connectivity index (χ0n) is 20.1. The summed E-state index contributed by atoms with van der Waals surface area (Å²) in [6, 6.07) is 11.9. The van der Waals surface area contributed by atoms with Crippen molar-refractivity contribution in [2.24, 2.45) is 5.92 Å². The van der Waals surface area contributed by atoms with Gasteiger partial charge in [0.2, 0.25) is 5.91 Å². The molecule has 10 heteroatoms. The zero-order valence-corrected chi connectivity index (χ0v) is 20.1. The van der Waals surface area contributed by atoms with Gasteiger partial charge in [-0.05, 0) is 43.2 Å². The van der Waals surface area contributed by atoms with E-state index in [1.54, 1.807) is 36.9 Å². The minimum absolute atomic E-state index is 0.0349. The van der Waals surface area contributed by atoms with Crippen molar-refractivity contribution in [1.29, 1.82) is 0 Å². The van der Waals surface area contributed by atoms with E-state index in [9.17, 15) is 9.18 Å². The number of pyridine rings is 3. The van der Waals surface area contributed by atoms with Crippen molar-refractivity contribution in [3.05, 3.63) is 73.1 Å². The maximum atomic E-state index is 13.9. The number of nitrogens with one attached hydrogen (secondary N) is 3. The molecule has 1 aliphatic carbocycles. The third kappa shape index (κ3) is 3.86. The van der Waals surface area contributed by atoms with Crippen LogP contribution < -0.4 is 5.32 Å². The van der Waals surface area contributed by atoms with E-state index in [2.05, 4.69) is 35.5 Å². The number of aromatic amines is 2. The van der Waals surface area contributed by atoms with Gasteiger partial charge in [-0.3, -0.25) is 24.8 Å². The Morgan fingerprint density at radius 3 is 2.74 bits per heavy atom. The fourth-order valence-corrected chi connectivity index (χ4v) is 4.71. The summed E-state index contributed by atoms with van der Waals surface area (Å²) in [5.74, 6) is 0.333. The van der Waals surface area contributed by atoms with Gasteiger partial charge in [0.1, 0.15) is 17.0 Å². The van der Waals surface area contributed by atoms with Gasteiger partial charge in [-0.1, -0.05) is 18.6 Å². The number of imidazole rings is 1. The summed E-state index contributed by atoms with van der Waals surface area (Å²) in [4.78, 5) is 33.8. The van der Waals surface area contributed by atoms with Gasteiger partial charge in [0.25, 0.3) is 0 Å². The summed E-state index contributed by atoms with van der Waals surface area (Å²) >= 11 is 0. The number of amides is 1. The van der Waals surface area contributed by atoms with Crippen LogP contribution >= 0.6 is 0 Å². The van der Waals surface area contributed by atoms with Crippen molar-refractivity contribution >= 4 is 33.5 Å². The fourth-order valence-electron chi connectivity index (χ4n) is 4.71. The molecule has 7 rings (SSSR count). The standard InChI is InChI=1S/C28H21FN8O/c29-18-6-2-5-16(9-18)24-26-21(7-8-31-24)34-27(35-26)25-20-11-22(32-14-23(20)36-37-25)17-10-19(13-30-12-17)33-28(38)15-3-1-4-15/h2,5-15H,1,3-4H2,(H,33,38)(H,34,35)(H,36,37). The Hall–Kier alpha value is -4.99. The molecule has 0 radical (unpaired) electrons. The Kier molecular flexibility index (Phi) is 5.17. The number of hydrogen-bond donors (Lipinski definition) is 3. The van der Waals surface area contributed by atoms with Crippen molar-refractivity contribution in [2.45, 2.75) is 19.3 Å². The Morgan fingerprint density at radius 1 is 0.974 bits per heavy atom. The average molecular weight is 505 g/mol. The molecule has 1 saturated carbocycles. The molecule has 6 aromatic rings. The molecular weight excluding hydrogens is 483 g/mol. The van der Waals surface area contributed by atoms with Crippen LogP contribution in [0.25, 0.3) is 56.0 Å². The van der Waals surface area contributed by atoms with E-state index in [0.29, 0.717) is 39.7 Å². The Bertz CT molecular complexity index is 1840. The third-order valence-electron chi connectivity index (χ3n) is 6.95. The van der Waals surface area contributed by atoms with Crippen LogP contribution in [0, 0.1) is 11.7 Å². The van der Waals surface area contributed by atoms with Crippen molar-refractivity contribution in [3.63, 3.8) is 0 Å². The number of aromatic nitrogens is 7. The Labute approximate surface area is 215 Å². The fraction of sp³-hybridized carbons (Fsp3) is 0.143. The number of H-pyrrole nitrogens is 2. The van der Waals surface area contributed by atoms with Crippen LogP contribution in [0.4, 0.5) is 10.1 Å². The number of carbonyl (C=O) groups is 1. The molecule has 0 atom stereocenters. The van der Waals surface area contributed by atoms with Crippen LogP contribution in [0.5, 0.6) is 0 Å². The second-order valence-corrected chi connectivity index (χ2v) is 9.42. The van der Waals surface area contributed by atoms with E-state index < -0.39 is 0 Å². The smallest absolute Gasteiger partial charge is 0.227 e. The summed E-state index contributed by atoms with van der Waals surface area (Å²) in [6.07, 6.45) is 9.69. The van der Waals surface area contributed by atoms with Crippen molar-refractivity contribution in [1.82, 2.24) is 35.1 Å². The summed E-state index contributed by atoms with van der Waals surface area (Å²) in [5.41, 5.74) is 6.07. The predicted octanol–water partition coefficient (Wildman–Crippen LogP) is 5.50. The first-order chi connectivity index (χ1) is 18.6. The van der Waals surface area contributed by atoms with Crippen LogP contribution in [0.1, 0.15) is 19.3 Å². The van der Waals surface area contributed by atoms with E-state index in [-0.39, 0.29) is 17.6 Å². The maximum Gasteiger partial charge on any atom is 0.227 e. The zero-order chi connectivity index (χ0) is 25.6. The molecule has 9 nitrogen and oxygen atoms in total. The lowest BCUT2D eigenvalue weighted by atomic mass is 9.85. The lowest BCUT2D eigenvalue weighted by Gasteiger charge is -2.24. The van der Waals surface area contributed by atoms with Crippen molar-refractivity contribution < 1.29 is 9.18 Å². The van der Waals surface area contributed by atoms with Crippen molar-refractivity contribution in [2.75, 3.05) is 5.32 Å². The number of benzene rings is 1. The van der Waals surface area contributed by atoms with E-state index in [0.717, 1.165) is 41.2 Å². The van der Waals surface area contributed by atoms with Gasteiger partial charge in [-0.15, -0.1) is 0 Å². The highest BCUT2D eigenvalue weighted by Gasteiger charge is 2.25. The molecule has 5 heterocycles. The van der Waals surface area contributed by atoms with E-state index in [4.69, 9.17) is 4.98 Å². The van der Waals surface area contributed by atoms with Gasteiger partial charge < -0.3 is 10.3 Å². The number of hydrogen-bond acceptors (Lipinski definition) is 6. The number of anilines is 1. The monoisotopic (exact) mass is 504 g/mol. The molecule has 38 heavy (non-hydrogen) atoms. The lowest BCUT2D eigenvalue weighted by Crippen LogP contribution is -2.28. The van der Waals surface area contributed by atoms with Gasteiger partial charge in [0, 0.05) is 34.8 Å². The Morgan fingerprint density at radius 2 is 1.89 bits per heavy atom. The van der Waals surface area contributed by atoms with Crippen LogP contribution in [-0.2, 0) is 4.79 Å². The number of fused-ring (bicyclic) bond motifs is 2. The molecule has 1 aliphatic rings. The molecule has 3 N–H and O–H groups in total. The molecule has 0 aliphatic heterocycles. The largest absolute Gasteiger partial charge is 0.336 e. The molecule has 0 unspecified atom stereocenters. The second kappa shape index (κ2) is 8.84. The highest BCUT2D eigenvalue weighted by molar-refractivity contribution is 5.97. The Balaban J connectivity index is 1.26. The molecule has 5 aromatic heterocycles. The average Bonchev–Trinajstić information content (AvgIpc) is 3.51. The molecule has 1 amide bonds. The number of nitrogens with zero attached hydrogens (tertiary/aromatic N) is 5. The predicted molar refractivity (Wildman–Crippen MR) is 141 cm³/mol. The number of halogens is 1. The first-order valence-electron chi connectivity index (χ1n) is 12.3. The quantitative estimate of drug-likeness (QED) is 0.285. The summed E-state index contributed by atoms with van der Waals surface area (Å²) in [6.45, 7) is 0. The van der Waals surface area contributed by atoms with Gasteiger partial charge in [0.15, 0.2) is 5.82 Å². The topological polar surface area (TPSA) is 125 Å². The number of carbonyl (C=O) groups excluding carboxylic acids is 1. The van der Waals surface area contributed by atoms with Gasteiger partial charge >= 0.3 is 0 Å². The highest BCUT2D eigenvalue weighted by Crippen LogP contribution is 2.32. The lowest BCUT2D eigenvalue weighted by molar-refractivity contribution is -0.122. The summed E-state index contributed by atoms with van der Waals surface area (Å²) in [5, 5.41) is 11.3. The van der Waals surface area contributed by atoms with Gasteiger partial charge in [0.05, 0.1) is 40.5 Å². The summed E-state index contributed by atoms with van der Waals surface area (Å²) < 4.78 is 13.9. The SMILES string of the molecule is O=C(Nc1cncc(-c2cc3c(-c4nc5c(-c6cccc(F)c6)nccc5[nH]4)n[nH]c3cn2)c1)C1CCC1. The maximum absolute atomic E-state index is 13.9. The minimum atomic E-state index is -0.337. The first kappa shape index (κ1) is 22.2. The molecule has 0 bridgehead atoms. The van der Waals surface area contributed by atoms with Crippen LogP contribution in [0.2, 0.25) is 0 Å². The van der Waals surface area contributed by atoms with E-state index in [1.807, 2.05) is 18.2 Å². The van der Waals surface area contributed by atoms with Crippen LogP contribution in [-0.4, -0.2) is 41.0 Å². The first-order valence-corrected chi connectivity index (χ1v) is 12.3. The molecule has 0 saturated heterocycles. The molecular formula is C28H21FN8O. The minimum Gasteiger partial charge on any atom is -0.336 e. The van der Waals surface area contributed by atoms with Crippen LogP contribution in [0.3, 0.4) is 0 Å². The normalized spacial score (nSPS) is 13.6. The molecule has 0 spiro atoms. The summed E-state index contributed by atoms with van der Waals surface area (Å²) in [7, 11) is 0. The van der Waals surface area contributed by atoms with E-state index >= 15 is 0 Å². The van der Waals surface area contributed by atoms with E-state index in [1.165, 1.54) is 12.1 Å².